The lowest BCUT2D eigenvalue weighted by Gasteiger charge is -2.39. The van der Waals surface area contributed by atoms with Crippen LogP contribution in [-0.2, 0) is 4.79 Å². The van der Waals surface area contributed by atoms with Gasteiger partial charge in [-0.15, -0.1) is 0 Å². The van der Waals surface area contributed by atoms with E-state index in [-0.39, 0.29) is 30.6 Å². The maximum Gasteiger partial charge on any atom is 0.322 e. The molecule has 0 bridgehead atoms. The molecular weight excluding hydrogens is 516 g/mol. The van der Waals surface area contributed by atoms with Crippen LogP contribution < -0.4 is 10.2 Å². The Morgan fingerprint density at radius 2 is 1.56 bits per heavy atom. The lowest BCUT2D eigenvalue weighted by atomic mass is 9.97. The fourth-order valence-electron chi connectivity index (χ4n) is 4.92. The number of benzene rings is 3. The molecule has 1 aromatic heterocycles. The van der Waals surface area contributed by atoms with Crippen LogP contribution in [0.2, 0.25) is 0 Å². The summed E-state index contributed by atoms with van der Waals surface area (Å²) in [7, 11) is 0. The van der Waals surface area contributed by atoms with Crippen LogP contribution in [0.25, 0.3) is 5.69 Å². The summed E-state index contributed by atoms with van der Waals surface area (Å²) >= 11 is 3.42. The molecule has 4 aromatic rings. The van der Waals surface area contributed by atoms with E-state index in [0.717, 1.165) is 39.9 Å². The van der Waals surface area contributed by atoms with Crippen LogP contribution in [-0.4, -0.2) is 34.0 Å². The minimum Gasteiger partial charge on any atom is -0.316 e. The second-order valence-corrected chi connectivity index (χ2v) is 10.1. The standard InChI is InChI=1S/C29H25BrN4O2/c30-21-12-14-22(15-13-21)31-29(36)33(23-16-17-23)19-27(35)34-25-10-5-4-9-24(25)32-18-6-11-26(32)28(34)20-7-2-1-3-8-20/h1-15,18,23,28H,16-17,19H2,(H,31,36). The van der Waals surface area contributed by atoms with Crippen molar-refractivity contribution >= 4 is 39.2 Å². The van der Waals surface area contributed by atoms with Gasteiger partial charge in [0.15, 0.2) is 0 Å². The van der Waals surface area contributed by atoms with Crippen molar-refractivity contribution in [3.8, 4) is 5.69 Å². The molecule has 0 radical (unpaired) electrons. The average molecular weight is 541 g/mol. The average Bonchev–Trinajstić information content (AvgIpc) is 3.63. The molecule has 180 valence electrons. The lowest BCUT2D eigenvalue weighted by molar-refractivity contribution is -0.119. The van der Waals surface area contributed by atoms with E-state index in [9.17, 15) is 9.59 Å². The van der Waals surface area contributed by atoms with Crippen molar-refractivity contribution in [2.45, 2.75) is 24.9 Å². The molecule has 1 N–H and O–H groups in total. The van der Waals surface area contributed by atoms with E-state index in [2.05, 4.69) is 44.0 Å². The van der Waals surface area contributed by atoms with Crippen molar-refractivity contribution in [1.29, 1.82) is 0 Å². The lowest BCUT2D eigenvalue weighted by Crippen LogP contribution is -2.48. The molecule has 1 aliphatic carbocycles. The highest BCUT2D eigenvalue weighted by Gasteiger charge is 2.40. The van der Waals surface area contributed by atoms with Gasteiger partial charge >= 0.3 is 6.03 Å². The first kappa shape index (κ1) is 22.6. The monoisotopic (exact) mass is 540 g/mol. The molecule has 3 aromatic carbocycles. The molecule has 2 aliphatic rings. The topological polar surface area (TPSA) is 57.6 Å². The van der Waals surface area contributed by atoms with Crippen molar-refractivity contribution in [3.05, 3.63) is 113 Å². The number of fused-ring (bicyclic) bond motifs is 3. The third-order valence-corrected chi connectivity index (χ3v) is 7.28. The molecular formula is C29H25BrN4O2. The highest BCUT2D eigenvalue weighted by Crippen LogP contribution is 2.42. The summed E-state index contributed by atoms with van der Waals surface area (Å²) in [5.74, 6) is -0.110. The van der Waals surface area contributed by atoms with E-state index in [1.54, 1.807) is 4.90 Å². The van der Waals surface area contributed by atoms with Crippen LogP contribution in [0.1, 0.15) is 30.1 Å². The minimum atomic E-state index is -0.292. The molecule has 36 heavy (non-hydrogen) atoms. The number of amides is 3. The summed E-state index contributed by atoms with van der Waals surface area (Å²) in [6.45, 7) is 0.00536. The number of urea groups is 1. The first-order valence-corrected chi connectivity index (χ1v) is 12.9. The summed E-state index contributed by atoms with van der Waals surface area (Å²) in [6, 6.07) is 29.1. The van der Waals surface area contributed by atoms with Crippen molar-refractivity contribution in [3.63, 3.8) is 0 Å². The molecule has 7 heteroatoms. The Kier molecular flexibility index (Phi) is 5.85. The number of nitrogens with zero attached hydrogens (tertiary/aromatic N) is 3. The number of nitrogens with one attached hydrogen (secondary N) is 1. The summed E-state index contributed by atoms with van der Waals surface area (Å²) in [6.07, 6.45) is 3.85. The normalized spacial score (nSPS) is 16.1. The van der Waals surface area contributed by atoms with E-state index in [0.29, 0.717) is 5.69 Å². The molecule has 1 aliphatic heterocycles. The van der Waals surface area contributed by atoms with Crippen LogP contribution in [0.5, 0.6) is 0 Å². The fraction of sp³-hybridized carbons (Fsp3) is 0.172. The van der Waals surface area contributed by atoms with Crippen molar-refractivity contribution in [2.75, 3.05) is 16.8 Å². The largest absolute Gasteiger partial charge is 0.322 e. The first-order valence-electron chi connectivity index (χ1n) is 12.1. The van der Waals surface area contributed by atoms with Gasteiger partial charge in [-0.3, -0.25) is 9.69 Å². The van der Waals surface area contributed by atoms with Crippen LogP contribution in [0.3, 0.4) is 0 Å². The highest BCUT2D eigenvalue weighted by atomic mass is 79.9. The van der Waals surface area contributed by atoms with Crippen LogP contribution in [0.15, 0.2) is 102 Å². The molecule has 2 heterocycles. The van der Waals surface area contributed by atoms with E-state index in [4.69, 9.17) is 0 Å². The first-order chi connectivity index (χ1) is 17.6. The zero-order chi connectivity index (χ0) is 24.6. The zero-order valence-corrected chi connectivity index (χ0v) is 21.1. The van der Waals surface area contributed by atoms with Crippen molar-refractivity contribution in [1.82, 2.24) is 9.47 Å². The Bertz CT molecular complexity index is 1410. The van der Waals surface area contributed by atoms with Gasteiger partial charge in [0.25, 0.3) is 0 Å². The molecule has 6 nitrogen and oxygen atoms in total. The smallest absolute Gasteiger partial charge is 0.316 e. The maximum absolute atomic E-state index is 14.1. The number of carbonyl (C=O) groups excluding carboxylic acids is 2. The Hall–Kier alpha value is -3.84. The Labute approximate surface area is 218 Å². The van der Waals surface area contributed by atoms with Gasteiger partial charge in [0.2, 0.25) is 5.91 Å². The van der Waals surface area contributed by atoms with Gasteiger partial charge in [0, 0.05) is 22.4 Å². The number of anilines is 2. The van der Waals surface area contributed by atoms with Crippen LogP contribution >= 0.6 is 15.9 Å². The number of carbonyl (C=O) groups is 2. The Morgan fingerprint density at radius 1 is 0.861 bits per heavy atom. The van der Waals surface area contributed by atoms with E-state index >= 15 is 0 Å². The van der Waals surface area contributed by atoms with Gasteiger partial charge < -0.3 is 14.8 Å². The number of para-hydroxylation sites is 2. The van der Waals surface area contributed by atoms with E-state index in [1.807, 2.05) is 83.9 Å². The number of hydrogen-bond acceptors (Lipinski definition) is 2. The minimum absolute atomic E-state index is 0.00536. The van der Waals surface area contributed by atoms with Gasteiger partial charge in [-0.25, -0.2) is 4.79 Å². The highest BCUT2D eigenvalue weighted by molar-refractivity contribution is 9.10. The van der Waals surface area contributed by atoms with Gasteiger partial charge in [0.05, 0.1) is 17.1 Å². The third-order valence-electron chi connectivity index (χ3n) is 6.75. The third kappa shape index (κ3) is 4.20. The fourth-order valence-corrected chi connectivity index (χ4v) is 5.18. The molecule has 1 atom stereocenters. The van der Waals surface area contributed by atoms with Gasteiger partial charge in [-0.05, 0) is 66.9 Å². The zero-order valence-electron chi connectivity index (χ0n) is 19.5. The molecule has 0 spiro atoms. The molecule has 1 fully saturated rings. The van der Waals surface area contributed by atoms with E-state index < -0.39 is 0 Å². The predicted molar refractivity (Wildman–Crippen MR) is 144 cm³/mol. The Morgan fingerprint density at radius 3 is 2.28 bits per heavy atom. The summed E-state index contributed by atoms with van der Waals surface area (Å²) < 4.78 is 3.09. The van der Waals surface area contributed by atoms with Gasteiger partial charge in [-0.1, -0.05) is 58.4 Å². The van der Waals surface area contributed by atoms with Crippen LogP contribution in [0.4, 0.5) is 16.2 Å². The van der Waals surface area contributed by atoms with E-state index in [1.165, 1.54) is 0 Å². The number of aromatic nitrogens is 1. The maximum atomic E-state index is 14.1. The molecule has 3 amide bonds. The van der Waals surface area contributed by atoms with Crippen molar-refractivity contribution < 1.29 is 9.59 Å². The second kappa shape index (κ2) is 9.32. The summed E-state index contributed by atoms with van der Waals surface area (Å²) in [5.41, 5.74) is 4.53. The molecule has 6 rings (SSSR count). The second-order valence-electron chi connectivity index (χ2n) is 9.16. The van der Waals surface area contributed by atoms with Gasteiger partial charge in [0.1, 0.15) is 12.6 Å². The summed E-state index contributed by atoms with van der Waals surface area (Å²) in [4.78, 5) is 30.9. The number of halogens is 1. The molecule has 0 saturated heterocycles. The van der Waals surface area contributed by atoms with Crippen LogP contribution in [0, 0.1) is 0 Å². The quantitative estimate of drug-likeness (QED) is 0.319. The van der Waals surface area contributed by atoms with Crippen molar-refractivity contribution in [2.24, 2.45) is 0 Å². The predicted octanol–water partition coefficient (Wildman–Crippen LogP) is 6.37. The Balaban J connectivity index is 1.34. The summed E-state index contributed by atoms with van der Waals surface area (Å²) in [5, 5.41) is 2.96. The molecule has 1 saturated carbocycles. The van der Waals surface area contributed by atoms with Gasteiger partial charge in [-0.2, -0.15) is 0 Å². The number of hydrogen-bond donors (Lipinski definition) is 1. The SMILES string of the molecule is O=C(Nc1ccc(Br)cc1)N(CC(=O)N1c2ccccc2-n2cccc2C1c1ccccc1)C1CC1. The number of rotatable bonds is 5. The molecule has 1 unspecified atom stereocenters.